The molecule has 5 aromatic heterocycles. The van der Waals surface area contributed by atoms with Gasteiger partial charge in [0.2, 0.25) is 5.96 Å². The first-order chi connectivity index (χ1) is 30.7. The zero-order valence-corrected chi connectivity index (χ0v) is 36.4. The Morgan fingerprint density at radius 1 is 0.785 bits per heavy atom. The molecule has 18 heteroatoms. The molecule has 2 aliphatic heterocycles. The fraction of sp³-hybridized carbons (Fsp3) is 0.319. The minimum absolute atomic E-state index is 0. The van der Waals surface area contributed by atoms with Gasteiger partial charge in [-0.05, 0) is 129 Å². The molecule has 7 heterocycles. The van der Waals surface area contributed by atoms with E-state index < -0.39 is 12.1 Å². The molecular formula is C47H54N10O8. The Morgan fingerprint density at radius 2 is 1.35 bits per heavy atom. The van der Waals surface area contributed by atoms with Crippen molar-refractivity contribution >= 4 is 51.1 Å². The molecule has 2 aromatic carbocycles. The van der Waals surface area contributed by atoms with E-state index in [0.717, 1.165) is 80.4 Å². The Labute approximate surface area is 374 Å². The predicted octanol–water partition coefficient (Wildman–Crippen LogP) is 7.22. The van der Waals surface area contributed by atoms with Gasteiger partial charge in [-0.3, -0.25) is 24.8 Å². The summed E-state index contributed by atoms with van der Waals surface area (Å²) < 4.78 is 19.0. The fourth-order valence-corrected chi connectivity index (χ4v) is 7.53. The van der Waals surface area contributed by atoms with Crippen molar-refractivity contribution in [3.05, 3.63) is 122 Å². The van der Waals surface area contributed by atoms with Gasteiger partial charge in [-0.15, -0.1) is 0 Å². The third-order valence-electron chi connectivity index (χ3n) is 11.0. The van der Waals surface area contributed by atoms with E-state index in [9.17, 15) is 14.4 Å². The molecule has 0 radical (unpaired) electrons. The lowest BCUT2D eigenvalue weighted by Gasteiger charge is -2.12. The lowest BCUT2D eigenvalue weighted by atomic mass is 9.99. The highest BCUT2D eigenvalue weighted by Gasteiger charge is 2.24. The molecule has 0 aliphatic carbocycles. The minimum Gasteiger partial charge on any atom is -0.479 e. The SMILES string of the molecule is C.Cc1cc2c(cn1)cc(-c1cc(N=C(N)NO)ccc1C)c(=O)n2C.Cc1cc2c(cn1)cc(-c1cc(Nc3noc([C@@H]4CCCO4)n3)ccc1C)c(=O)n2C.O=C(O)[C@@H]1CCCO1. The first kappa shape index (κ1) is 47.2. The number of nitrogens with one attached hydrogen (secondary N) is 2. The van der Waals surface area contributed by atoms with Gasteiger partial charge in [-0.1, -0.05) is 19.6 Å². The van der Waals surface area contributed by atoms with Crippen molar-refractivity contribution in [1.82, 2.24) is 34.7 Å². The quantitative estimate of drug-likeness (QED) is 0.0602. The number of hydrogen-bond donors (Lipinski definition) is 5. The number of hydrogen-bond acceptors (Lipinski definition) is 13. The van der Waals surface area contributed by atoms with Gasteiger partial charge in [0.05, 0.1) is 16.7 Å². The van der Waals surface area contributed by atoms with Crippen molar-refractivity contribution in [2.75, 3.05) is 18.5 Å². The highest BCUT2D eigenvalue weighted by molar-refractivity contribution is 5.87. The maximum Gasteiger partial charge on any atom is 0.332 e. The summed E-state index contributed by atoms with van der Waals surface area (Å²) in [5.41, 5.74) is 16.6. The van der Waals surface area contributed by atoms with E-state index in [1.165, 1.54) is 0 Å². The van der Waals surface area contributed by atoms with Gasteiger partial charge in [-0.2, -0.15) is 4.98 Å². The zero-order valence-electron chi connectivity index (χ0n) is 36.4. The second-order valence-electron chi connectivity index (χ2n) is 15.7. The summed E-state index contributed by atoms with van der Waals surface area (Å²) >= 11 is 0. The maximum atomic E-state index is 13.1. The Hall–Kier alpha value is -7.28. The van der Waals surface area contributed by atoms with Crippen LogP contribution in [0.3, 0.4) is 0 Å². The third kappa shape index (κ3) is 10.7. The van der Waals surface area contributed by atoms with Gasteiger partial charge in [0.15, 0.2) is 6.10 Å². The smallest absolute Gasteiger partial charge is 0.332 e. The molecule has 340 valence electrons. The third-order valence-corrected chi connectivity index (χ3v) is 11.0. The Bertz CT molecular complexity index is 3000. The van der Waals surface area contributed by atoms with Crippen molar-refractivity contribution in [3.8, 4) is 22.3 Å². The number of nitrogens with zero attached hydrogens (tertiary/aromatic N) is 7. The van der Waals surface area contributed by atoms with Crippen molar-refractivity contribution in [1.29, 1.82) is 0 Å². The number of fused-ring (bicyclic) bond motifs is 2. The number of benzene rings is 2. The molecule has 9 rings (SSSR count). The molecule has 65 heavy (non-hydrogen) atoms. The van der Waals surface area contributed by atoms with Crippen LogP contribution in [0.2, 0.25) is 0 Å². The number of aliphatic carboxylic acids is 1. The number of anilines is 2. The molecule has 18 nitrogen and oxygen atoms in total. The molecule has 0 spiro atoms. The molecule has 2 saturated heterocycles. The Kier molecular flexibility index (Phi) is 14.9. The number of pyridine rings is 4. The second-order valence-corrected chi connectivity index (χ2v) is 15.7. The lowest BCUT2D eigenvalue weighted by Crippen LogP contribution is -2.27. The first-order valence-electron chi connectivity index (χ1n) is 20.7. The van der Waals surface area contributed by atoms with Gasteiger partial charge < -0.3 is 39.3 Å². The number of aliphatic imine (C=N–C) groups is 1. The van der Waals surface area contributed by atoms with Crippen LogP contribution in [0, 0.1) is 27.7 Å². The molecular weight excluding hydrogens is 833 g/mol. The van der Waals surface area contributed by atoms with E-state index in [2.05, 4.69) is 30.4 Å². The number of rotatable bonds is 7. The second kappa shape index (κ2) is 20.5. The van der Waals surface area contributed by atoms with Crippen molar-refractivity contribution in [3.63, 3.8) is 0 Å². The number of hydroxylamine groups is 1. The standard InChI is InChI=1S/C23H23N5O3.C18H19N5O2.C5H8O3.CH4/c1-13-6-7-16(25-23-26-21(31-27-23)20-5-4-8-30-20)11-17(13)18-10-15-12-24-14(2)9-19(15)28(3)22(18)29;1-10-4-5-13(21-18(19)22-25)8-14(10)15-7-12-9-20-11(2)6-16(12)23(3)17(15)24;6-5(7)4-2-1-3-8-4;/h6-7,9-12,20H,4-5,8H2,1-3H3,(H,25,27);4-9,25H,1-3H3,(H3,19,21,22);4H,1-3H2,(H,6,7);1H4/t20-;;4-;/m0.0./s1. The van der Waals surface area contributed by atoms with E-state index in [-0.39, 0.29) is 30.6 Å². The summed E-state index contributed by atoms with van der Waals surface area (Å²) in [5, 5.41) is 26.1. The van der Waals surface area contributed by atoms with Crippen LogP contribution >= 0.6 is 0 Å². The van der Waals surface area contributed by atoms with Crippen LogP contribution < -0.4 is 27.6 Å². The van der Waals surface area contributed by atoms with Crippen molar-refractivity contribution in [2.24, 2.45) is 24.8 Å². The minimum atomic E-state index is -0.831. The van der Waals surface area contributed by atoms with Gasteiger partial charge in [-0.25, -0.2) is 15.3 Å². The number of carboxylic acid groups (broad SMARTS) is 1. The van der Waals surface area contributed by atoms with E-state index in [0.29, 0.717) is 48.3 Å². The zero-order chi connectivity index (χ0) is 45.7. The molecule has 2 fully saturated rings. The summed E-state index contributed by atoms with van der Waals surface area (Å²) in [6, 6.07) is 18.8. The van der Waals surface area contributed by atoms with Gasteiger partial charge in [0.25, 0.3) is 23.0 Å². The maximum absolute atomic E-state index is 13.1. The van der Waals surface area contributed by atoms with E-state index >= 15 is 0 Å². The van der Waals surface area contributed by atoms with Crippen molar-refractivity contribution < 1.29 is 29.1 Å². The molecule has 0 saturated carbocycles. The average Bonchev–Trinajstić information content (AvgIpc) is 4.11. The molecule has 0 bridgehead atoms. The van der Waals surface area contributed by atoms with Crippen LogP contribution in [0.4, 0.5) is 17.3 Å². The Balaban J connectivity index is 0.000000184. The van der Waals surface area contributed by atoms with Crippen LogP contribution in [0.5, 0.6) is 0 Å². The van der Waals surface area contributed by atoms with Gasteiger partial charge in [0.1, 0.15) is 6.10 Å². The number of aryl methyl sites for hydroxylation is 6. The summed E-state index contributed by atoms with van der Waals surface area (Å²) in [6.45, 7) is 9.04. The number of guanidine groups is 1. The summed E-state index contributed by atoms with van der Waals surface area (Å²) in [6.07, 6.45) is 6.36. The molecule has 7 aromatic rings. The summed E-state index contributed by atoms with van der Waals surface area (Å²) in [4.78, 5) is 53.2. The van der Waals surface area contributed by atoms with E-state index in [4.69, 9.17) is 30.0 Å². The van der Waals surface area contributed by atoms with E-state index in [1.54, 1.807) is 53.2 Å². The first-order valence-corrected chi connectivity index (χ1v) is 20.7. The number of ether oxygens (including phenoxy) is 2. The van der Waals surface area contributed by atoms with Crippen LogP contribution in [-0.2, 0) is 28.4 Å². The normalized spacial score (nSPS) is 15.7. The molecule has 6 N–H and O–H groups in total. The average molecular weight is 887 g/mol. The van der Waals surface area contributed by atoms with Crippen molar-refractivity contribution in [2.45, 2.75) is 73.0 Å². The lowest BCUT2D eigenvalue weighted by molar-refractivity contribution is -0.147. The van der Waals surface area contributed by atoms with Crippen LogP contribution in [0.25, 0.3) is 44.1 Å². The van der Waals surface area contributed by atoms with E-state index in [1.807, 2.05) is 76.2 Å². The Morgan fingerprint density at radius 3 is 1.88 bits per heavy atom. The molecule has 0 amide bonds. The number of carboxylic acids is 1. The van der Waals surface area contributed by atoms with Crippen LogP contribution in [-0.4, -0.2) is 70.8 Å². The molecule has 0 unspecified atom stereocenters. The number of carbonyl (C=O) groups is 1. The van der Waals surface area contributed by atoms with Gasteiger partial charge >= 0.3 is 5.97 Å². The largest absolute Gasteiger partial charge is 0.479 e. The number of aromatic nitrogens is 6. The van der Waals surface area contributed by atoms with Gasteiger partial charge in [0, 0.05) is 78.7 Å². The summed E-state index contributed by atoms with van der Waals surface area (Å²) in [7, 11) is 3.54. The fourth-order valence-electron chi connectivity index (χ4n) is 7.53. The highest BCUT2D eigenvalue weighted by Crippen LogP contribution is 2.31. The number of nitrogens with two attached hydrogens (primary N) is 1. The topological polar surface area (TPSA) is 247 Å². The summed E-state index contributed by atoms with van der Waals surface area (Å²) in [5.74, 6) is -0.103. The molecule has 2 atom stereocenters. The highest BCUT2D eigenvalue weighted by atomic mass is 16.5. The van der Waals surface area contributed by atoms with Crippen LogP contribution in [0.1, 0.15) is 67.6 Å². The van der Waals surface area contributed by atoms with Crippen LogP contribution in [0.15, 0.2) is 92.2 Å². The molecule has 2 aliphatic rings. The predicted molar refractivity (Wildman–Crippen MR) is 249 cm³/mol. The monoisotopic (exact) mass is 886 g/mol.